The minimum atomic E-state index is -0.0708. The molecule has 0 saturated carbocycles. The number of carbonyl (C=O) groups is 1. The van der Waals surface area contributed by atoms with Gasteiger partial charge in [0.2, 0.25) is 0 Å². The lowest BCUT2D eigenvalue weighted by atomic mass is 10.1. The predicted octanol–water partition coefficient (Wildman–Crippen LogP) is 2.62. The summed E-state index contributed by atoms with van der Waals surface area (Å²) in [4.78, 5) is 15.0. The van der Waals surface area contributed by atoms with Crippen molar-refractivity contribution in [3.63, 3.8) is 0 Å². The average Bonchev–Trinajstić information content (AvgIpc) is 3.08. The van der Waals surface area contributed by atoms with Gasteiger partial charge >= 0.3 is 0 Å². The molecule has 0 aliphatic carbocycles. The summed E-state index contributed by atoms with van der Waals surface area (Å²) in [6.07, 6.45) is 2.15. The summed E-state index contributed by atoms with van der Waals surface area (Å²) in [7, 11) is 2.04. The van der Waals surface area contributed by atoms with E-state index in [1.807, 2.05) is 45.3 Å². The van der Waals surface area contributed by atoms with Gasteiger partial charge in [-0.15, -0.1) is 0 Å². The summed E-state index contributed by atoms with van der Waals surface area (Å²) < 4.78 is 13.2. The largest absolute Gasteiger partial charge is 0.491 e. The number of benzene rings is 1. The van der Waals surface area contributed by atoms with Crippen molar-refractivity contribution in [3.8, 4) is 5.75 Å². The van der Waals surface area contributed by atoms with E-state index < -0.39 is 0 Å². The summed E-state index contributed by atoms with van der Waals surface area (Å²) >= 11 is 0. The number of rotatable bonds is 7. The van der Waals surface area contributed by atoms with Gasteiger partial charge in [0.15, 0.2) is 0 Å². The zero-order chi connectivity index (χ0) is 19.2. The van der Waals surface area contributed by atoms with Crippen molar-refractivity contribution in [1.82, 2.24) is 14.8 Å². The molecule has 1 atom stereocenters. The van der Waals surface area contributed by atoms with Crippen molar-refractivity contribution >= 4 is 5.91 Å². The van der Waals surface area contributed by atoms with Crippen molar-refractivity contribution in [2.75, 3.05) is 32.8 Å². The molecule has 0 radical (unpaired) electrons. The highest BCUT2D eigenvalue weighted by Gasteiger charge is 2.25. The number of hydrogen-bond acceptors (Lipinski definition) is 4. The highest BCUT2D eigenvalue weighted by Crippen LogP contribution is 2.22. The first-order chi connectivity index (χ1) is 13.0. The summed E-state index contributed by atoms with van der Waals surface area (Å²) in [5.74, 6) is 0.704. The second-order valence-corrected chi connectivity index (χ2v) is 7.11. The number of amides is 1. The lowest BCUT2D eigenvalue weighted by Gasteiger charge is -2.35. The molecule has 0 spiro atoms. The molecule has 2 aromatic rings. The maximum Gasteiger partial charge on any atom is 0.251 e. The Morgan fingerprint density at radius 3 is 2.48 bits per heavy atom. The van der Waals surface area contributed by atoms with E-state index in [4.69, 9.17) is 9.47 Å². The third-order valence-electron chi connectivity index (χ3n) is 4.76. The van der Waals surface area contributed by atoms with Gasteiger partial charge in [-0.1, -0.05) is 0 Å². The monoisotopic (exact) mass is 371 g/mol. The van der Waals surface area contributed by atoms with Crippen molar-refractivity contribution < 1.29 is 14.3 Å². The van der Waals surface area contributed by atoms with Crippen molar-refractivity contribution in [2.24, 2.45) is 7.05 Å². The molecule has 27 heavy (non-hydrogen) atoms. The van der Waals surface area contributed by atoms with E-state index in [2.05, 4.69) is 20.9 Å². The minimum Gasteiger partial charge on any atom is -0.491 e. The molecule has 2 heterocycles. The van der Waals surface area contributed by atoms with Crippen molar-refractivity contribution in [2.45, 2.75) is 26.0 Å². The molecule has 6 nitrogen and oxygen atoms in total. The first-order valence-electron chi connectivity index (χ1n) is 9.52. The standard InChI is InChI=1S/C21H29N3O3/c1-16(2)27-18-8-6-17(7-9-18)21(25)22-15-20(19-5-4-10-23(19)3)24-11-13-26-14-12-24/h4-10,16,20H,11-15H2,1-3H3,(H,22,25). The molecule has 0 bridgehead atoms. The molecule has 3 rings (SSSR count). The fourth-order valence-corrected chi connectivity index (χ4v) is 3.38. The van der Waals surface area contributed by atoms with E-state index in [0.717, 1.165) is 32.1 Å². The van der Waals surface area contributed by atoms with Crippen LogP contribution in [-0.4, -0.2) is 54.3 Å². The second-order valence-electron chi connectivity index (χ2n) is 7.11. The van der Waals surface area contributed by atoms with Gasteiger partial charge in [-0.25, -0.2) is 0 Å². The van der Waals surface area contributed by atoms with Crippen LogP contribution < -0.4 is 10.1 Å². The van der Waals surface area contributed by atoms with Crippen LogP contribution in [0.25, 0.3) is 0 Å². The van der Waals surface area contributed by atoms with Gasteiger partial charge in [0.05, 0.1) is 25.4 Å². The Kier molecular flexibility index (Phi) is 6.53. The Balaban J connectivity index is 1.65. The van der Waals surface area contributed by atoms with Gasteiger partial charge in [0.25, 0.3) is 5.91 Å². The summed E-state index contributed by atoms with van der Waals surface area (Å²) in [5.41, 5.74) is 1.83. The maximum atomic E-state index is 12.6. The lowest BCUT2D eigenvalue weighted by Crippen LogP contribution is -2.44. The van der Waals surface area contributed by atoms with Gasteiger partial charge in [0, 0.05) is 44.1 Å². The zero-order valence-electron chi connectivity index (χ0n) is 16.4. The summed E-state index contributed by atoms with van der Waals surface area (Å²) in [5, 5.41) is 3.10. The maximum absolute atomic E-state index is 12.6. The first-order valence-corrected chi connectivity index (χ1v) is 9.52. The molecule has 1 amide bonds. The third-order valence-corrected chi connectivity index (χ3v) is 4.76. The van der Waals surface area contributed by atoms with Gasteiger partial charge < -0.3 is 19.4 Å². The molecule has 1 N–H and O–H groups in total. The number of morpholine rings is 1. The highest BCUT2D eigenvalue weighted by atomic mass is 16.5. The Hall–Kier alpha value is -2.31. The molecular weight excluding hydrogens is 342 g/mol. The molecule has 1 unspecified atom stereocenters. The van der Waals surface area contributed by atoms with Crippen molar-refractivity contribution in [3.05, 3.63) is 53.9 Å². The molecular formula is C21H29N3O3. The average molecular weight is 371 g/mol. The van der Waals surface area contributed by atoms with E-state index in [1.54, 1.807) is 12.1 Å². The third kappa shape index (κ3) is 5.11. The SMILES string of the molecule is CC(C)Oc1ccc(C(=O)NCC(c2cccn2C)N2CCOCC2)cc1. The Morgan fingerprint density at radius 1 is 1.19 bits per heavy atom. The predicted molar refractivity (Wildman–Crippen MR) is 105 cm³/mol. The van der Waals surface area contributed by atoms with Crippen LogP contribution in [0.2, 0.25) is 0 Å². The molecule has 1 aromatic carbocycles. The summed E-state index contributed by atoms with van der Waals surface area (Å²) in [6.45, 7) is 7.71. The van der Waals surface area contributed by atoms with Crippen LogP contribution in [0.1, 0.15) is 35.9 Å². The number of nitrogens with one attached hydrogen (secondary N) is 1. The smallest absolute Gasteiger partial charge is 0.251 e. The van der Waals surface area contributed by atoms with E-state index in [9.17, 15) is 4.79 Å². The molecule has 146 valence electrons. The van der Waals surface area contributed by atoms with E-state index in [0.29, 0.717) is 12.1 Å². The second kappa shape index (κ2) is 9.06. The van der Waals surface area contributed by atoms with Crippen LogP contribution in [-0.2, 0) is 11.8 Å². The van der Waals surface area contributed by atoms with E-state index in [1.165, 1.54) is 5.69 Å². The number of ether oxygens (including phenoxy) is 2. The fraction of sp³-hybridized carbons (Fsp3) is 0.476. The van der Waals surface area contributed by atoms with Crippen LogP contribution in [0.5, 0.6) is 5.75 Å². The Bertz CT molecular complexity index is 733. The number of aromatic nitrogens is 1. The number of aryl methyl sites for hydroxylation is 1. The summed E-state index contributed by atoms with van der Waals surface area (Å²) in [6, 6.07) is 11.6. The van der Waals surface area contributed by atoms with Gasteiger partial charge in [-0.05, 0) is 50.2 Å². The van der Waals surface area contributed by atoms with E-state index >= 15 is 0 Å². The molecule has 1 aliphatic rings. The molecule has 1 saturated heterocycles. The van der Waals surface area contributed by atoms with Crippen LogP contribution in [0.3, 0.4) is 0 Å². The van der Waals surface area contributed by atoms with Crippen LogP contribution in [0, 0.1) is 0 Å². The zero-order valence-corrected chi connectivity index (χ0v) is 16.4. The van der Waals surface area contributed by atoms with Crippen LogP contribution in [0.4, 0.5) is 0 Å². The van der Waals surface area contributed by atoms with Gasteiger partial charge in [0.1, 0.15) is 5.75 Å². The number of hydrogen-bond donors (Lipinski definition) is 1. The molecule has 6 heteroatoms. The van der Waals surface area contributed by atoms with Crippen LogP contribution >= 0.6 is 0 Å². The van der Waals surface area contributed by atoms with Crippen molar-refractivity contribution in [1.29, 1.82) is 0 Å². The van der Waals surface area contributed by atoms with Gasteiger partial charge in [-0.3, -0.25) is 9.69 Å². The molecule has 1 aromatic heterocycles. The number of nitrogens with zero attached hydrogens (tertiary/aromatic N) is 2. The minimum absolute atomic E-state index is 0.0708. The normalized spacial score (nSPS) is 16.3. The number of carbonyl (C=O) groups excluding carboxylic acids is 1. The quantitative estimate of drug-likeness (QED) is 0.813. The van der Waals surface area contributed by atoms with Gasteiger partial charge in [-0.2, -0.15) is 0 Å². The highest BCUT2D eigenvalue weighted by molar-refractivity contribution is 5.94. The Labute approximate surface area is 161 Å². The molecule has 1 fully saturated rings. The fourth-order valence-electron chi connectivity index (χ4n) is 3.38. The van der Waals surface area contributed by atoms with E-state index in [-0.39, 0.29) is 18.1 Å². The van der Waals surface area contributed by atoms with Crippen LogP contribution in [0.15, 0.2) is 42.6 Å². The Morgan fingerprint density at radius 2 is 1.89 bits per heavy atom. The lowest BCUT2D eigenvalue weighted by molar-refractivity contribution is 0.0148. The molecule has 1 aliphatic heterocycles. The topological polar surface area (TPSA) is 55.7 Å². The first kappa shape index (κ1) is 19.5.